The molecule has 0 aliphatic carbocycles. The van der Waals surface area contributed by atoms with E-state index in [2.05, 4.69) is 5.32 Å². The van der Waals surface area contributed by atoms with E-state index in [4.69, 9.17) is 22.1 Å². The molecule has 1 amide bonds. The smallest absolute Gasteiger partial charge is 0.262 e. The van der Waals surface area contributed by atoms with Gasteiger partial charge in [-0.05, 0) is 36.8 Å². The molecule has 110 valence electrons. The summed E-state index contributed by atoms with van der Waals surface area (Å²) >= 11 is 5.83. The number of hydrogen-bond acceptors (Lipinski definition) is 3. The molecular weight excluding hydrogens is 295 g/mol. The minimum atomic E-state index is -0.421. The quantitative estimate of drug-likeness (QED) is 0.851. The van der Waals surface area contributed by atoms with E-state index in [1.54, 1.807) is 31.2 Å². The third-order valence-corrected chi connectivity index (χ3v) is 3.03. The van der Waals surface area contributed by atoms with Crippen molar-refractivity contribution in [3.63, 3.8) is 0 Å². The number of amides is 1. The lowest BCUT2D eigenvalue weighted by Crippen LogP contribution is -2.21. The molecule has 2 aromatic rings. The van der Waals surface area contributed by atoms with Gasteiger partial charge >= 0.3 is 0 Å². The van der Waals surface area contributed by atoms with Gasteiger partial charge in [-0.2, -0.15) is 0 Å². The van der Waals surface area contributed by atoms with Crippen molar-refractivity contribution < 1.29 is 13.9 Å². The van der Waals surface area contributed by atoms with E-state index < -0.39 is 11.7 Å². The number of aryl methyl sites for hydroxylation is 1. The van der Waals surface area contributed by atoms with Gasteiger partial charge in [-0.15, -0.1) is 0 Å². The van der Waals surface area contributed by atoms with Gasteiger partial charge in [-0.3, -0.25) is 4.79 Å². The Morgan fingerprint density at radius 3 is 2.86 bits per heavy atom. The van der Waals surface area contributed by atoms with Crippen molar-refractivity contribution >= 4 is 28.9 Å². The Morgan fingerprint density at radius 2 is 2.10 bits per heavy atom. The van der Waals surface area contributed by atoms with Crippen LogP contribution in [0.5, 0.6) is 5.75 Å². The molecule has 0 heterocycles. The maximum atomic E-state index is 13.1. The van der Waals surface area contributed by atoms with Crippen molar-refractivity contribution in [3.05, 3.63) is 52.8 Å². The number of rotatable bonds is 4. The molecule has 2 aromatic carbocycles. The number of hydrogen-bond donors (Lipinski definition) is 2. The lowest BCUT2D eigenvalue weighted by molar-refractivity contribution is -0.118. The highest BCUT2D eigenvalue weighted by Gasteiger charge is 2.08. The van der Waals surface area contributed by atoms with Crippen LogP contribution in [0.4, 0.5) is 15.8 Å². The van der Waals surface area contributed by atoms with Gasteiger partial charge in [-0.25, -0.2) is 4.39 Å². The number of anilines is 2. The molecule has 0 saturated heterocycles. The summed E-state index contributed by atoms with van der Waals surface area (Å²) in [5.74, 6) is -0.507. The highest BCUT2D eigenvalue weighted by atomic mass is 35.5. The number of carbonyl (C=O) groups is 1. The monoisotopic (exact) mass is 308 g/mol. The number of nitrogens with two attached hydrogens (primary N) is 1. The summed E-state index contributed by atoms with van der Waals surface area (Å²) in [5.41, 5.74) is 7.27. The molecule has 0 atom stereocenters. The zero-order chi connectivity index (χ0) is 15.4. The van der Waals surface area contributed by atoms with Gasteiger partial charge < -0.3 is 15.8 Å². The summed E-state index contributed by atoms with van der Waals surface area (Å²) in [6.07, 6.45) is 0. The Balaban J connectivity index is 1.99. The van der Waals surface area contributed by atoms with Gasteiger partial charge in [0.15, 0.2) is 6.61 Å². The van der Waals surface area contributed by atoms with Crippen LogP contribution in [0, 0.1) is 12.7 Å². The predicted molar refractivity (Wildman–Crippen MR) is 81.1 cm³/mol. The molecule has 0 fully saturated rings. The average Bonchev–Trinajstić information content (AvgIpc) is 2.44. The maximum absolute atomic E-state index is 13.1. The molecule has 0 aliphatic heterocycles. The van der Waals surface area contributed by atoms with E-state index >= 15 is 0 Å². The van der Waals surface area contributed by atoms with E-state index in [0.29, 0.717) is 22.1 Å². The molecule has 2 rings (SSSR count). The van der Waals surface area contributed by atoms with Gasteiger partial charge in [0, 0.05) is 11.1 Å². The molecule has 0 unspecified atom stereocenters. The molecule has 0 spiro atoms. The zero-order valence-corrected chi connectivity index (χ0v) is 12.1. The van der Waals surface area contributed by atoms with Crippen molar-refractivity contribution in [1.82, 2.24) is 0 Å². The Morgan fingerprint density at radius 1 is 1.33 bits per heavy atom. The van der Waals surface area contributed by atoms with Crippen LogP contribution >= 0.6 is 11.6 Å². The van der Waals surface area contributed by atoms with Crippen LogP contribution in [-0.2, 0) is 4.79 Å². The third-order valence-electron chi connectivity index (χ3n) is 2.80. The number of nitrogens with one attached hydrogen (secondary N) is 1. The molecule has 4 nitrogen and oxygen atoms in total. The first-order valence-corrected chi connectivity index (χ1v) is 6.57. The lowest BCUT2D eigenvalue weighted by Gasteiger charge is -2.11. The van der Waals surface area contributed by atoms with Gasteiger partial charge in [0.05, 0.1) is 11.4 Å². The van der Waals surface area contributed by atoms with Gasteiger partial charge in [0.25, 0.3) is 5.91 Å². The van der Waals surface area contributed by atoms with Crippen LogP contribution in [0.1, 0.15) is 5.56 Å². The first-order valence-electron chi connectivity index (χ1n) is 6.19. The summed E-state index contributed by atoms with van der Waals surface area (Å²) in [4.78, 5) is 11.8. The molecule has 21 heavy (non-hydrogen) atoms. The van der Waals surface area contributed by atoms with Crippen molar-refractivity contribution in [2.24, 2.45) is 0 Å². The van der Waals surface area contributed by atoms with Crippen molar-refractivity contribution in [1.29, 1.82) is 0 Å². The molecule has 0 bridgehead atoms. The fourth-order valence-electron chi connectivity index (χ4n) is 1.70. The second-order valence-corrected chi connectivity index (χ2v) is 4.91. The Hall–Kier alpha value is -2.27. The summed E-state index contributed by atoms with van der Waals surface area (Å²) in [7, 11) is 0. The highest BCUT2D eigenvalue weighted by Crippen LogP contribution is 2.23. The van der Waals surface area contributed by atoms with Crippen LogP contribution in [0.25, 0.3) is 0 Å². The van der Waals surface area contributed by atoms with Gasteiger partial charge in [-0.1, -0.05) is 17.7 Å². The third kappa shape index (κ3) is 4.10. The normalized spacial score (nSPS) is 10.2. The van der Waals surface area contributed by atoms with Crippen molar-refractivity contribution in [2.75, 3.05) is 17.7 Å². The largest absolute Gasteiger partial charge is 0.483 e. The van der Waals surface area contributed by atoms with Gasteiger partial charge in [0.1, 0.15) is 11.6 Å². The number of ether oxygens (including phenoxy) is 1. The maximum Gasteiger partial charge on any atom is 0.262 e. The number of halogens is 2. The molecule has 3 N–H and O–H groups in total. The van der Waals surface area contributed by atoms with Crippen LogP contribution in [-0.4, -0.2) is 12.5 Å². The minimum absolute atomic E-state index is 0.254. The molecule has 0 aliphatic rings. The second kappa shape index (κ2) is 6.45. The molecule has 6 heteroatoms. The highest BCUT2D eigenvalue weighted by molar-refractivity contribution is 6.31. The van der Waals surface area contributed by atoms with Gasteiger partial charge in [0.2, 0.25) is 0 Å². The Kier molecular flexibility index (Phi) is 4.65. The Labute approximate surface area is 126 Å². The summed E-state index contributed by atoms with van der Waals surface area (Å²) in [6.45, 7) is 1.51. The van der Waals surface area contributed by atoms with E-state index in [1.807, 2.05) is 0 Å². The zero-order valence-electron chi connectivity index (χ0n) is 11.3. The first-order chi connectivity index (χ1) is 9.95. The molecule has 0 saturated carbocycles. The van der Waals surface area contributed by atoms with Crippen LogP contribution in [0.2, 0.25) is 5.02 Å². The fraction of sp³-hybridized carbons (Fsp3) is 0.133. The molecule has 0 aromatic heterocycles. The first kappa shape index (κ1) is 15.1. The summed E-state index contributed by atoms with van der Waals surface area (Å²) in [5, 5.41) is 3.05. The van der Waals surface area contributed by atoms with E-state index in [1.165, 1.54) is 12.1 Å². The van der Waals surface area contributed by atoms with E-state index in [-0.39, 0.29) is 6.61 Å². The van der Waals surface area contributed by atoms with Crippen molar-refractivity contribution in [2.45, 2.75) is 6.92 Å². The van der Waals surface area contributed by atoms with Crippen LogP contribution in [0.15, 0.2) is 36.4 Å². The lowest BCUT2D eigenvalue weighted by atomic mass is 10.2. The molecular formula is C15H14ClFN2O2. The number of nitrogen functional groups attached to an aromatic ring is 1. The summed E-state index contributed by atoms with van der Waals surface area (Å²) < 4.78 is 18.4. The second-order valence-electron chi connectivity index (χ2n) is 4.48. The number of benzene rings is 2. The topological polar surface area (TPSA) is 64.3 Å². The minimum Gasteiger partial charge on any atom is -0.483 e. The van der Waals surface area contributed by atoms with Crippen LogP contribution in [0.3, 0.4) is 0 Å². The average molecular weight is 309 g/mol. The van der Waals surface area contributed by atoms with Crippen LogP contribution < -0.4 is 15.8 Å². The summed E-state index contributed by atoms with van der Waals surface area (Å²) in [6, 6.07) is 8.90. The van der Waals surface area contributed by atoms with Crippen molar-refractivity contribution in [3.8, 4) is 5.75 Å². The SMILES string of the molecule is Cc1ccc(F)cc1OCC(=O)Nc1cc(Cl)ccc1N. The van der Waals surface area contributed by atoms with E-state index in [0.717, 1.165) is 5.56 Å². The number of carbonyl (C=O) groups excluding carboxylic acids is 1. The standard InChI is InChI=1S/C15H14ClFN2O2/c1-9-2-4-11(17)7-14(9)21-8-15(20)19-13-6-10(16)3-5-12(13)18/h2-7H,8,18H2,1H3,(H,19,20). The fourth-order valence-corrected chi connectivity index (χ4v) is 1.87. The van der Waals surface area contributed by atoms with E-state index in [9.17, 15) is 9.18 Å². The Bertz CT molecular complexity index is 677. The predicted octanol–water partition coefficient (Wildman–Crippen LogP) is 3.39. The molecule has 0 radical (unpaired) electrons.